The molecule has 6 nitrogen and oxygen atoms in total. The normalized spacial score (nSPS) is 17.1. The summed E-state index contributed by atoms with van der Waals surface area (Å²) in [4.78, 5) is 17.4. The van der Waals surface area contributed by atoms with Gasteiger partial charge in [0.1, 0.15) is 6.10 Å². The van der Waals surface area contributed by atoms with Crippen LogP contribution in [0.4, 0.5) is 13.2 Å². The molecule has 1 saturated heterocycles. The Morgan fingerprint density at radius 1 is 1.29 bits per heavy atom. The van der Waals surface area contributed by atoms with Crippen LogP contribution in [0.15, 0.2) is 29.3 Å². The third-order valence-electron chi connectivity index (χ3n) is 4.98. The number of carbonyl (C=O) groups excluding carboxylic acids is 1. The van der Waals surface area contributed by atoms with E-state index in [1.54, 1.807) is 13.1 Å². The third-order valence-corrected chi connectivity index (χ3v) is 4.98. The Bertz CT molecular complexity index is 717. The summed E-state index contributed by atoms with van der Waals surface area (Å²) in [5, 5.41) is 3.31. The molecule has 0 saturated carbocycles. The topological polar surface area (TPSA) is 63.2 Å². The number of alkyl halides is 3. The predicted octanol–water partition coefficient (Wildman–Crippen LogP) is 4.40. The summed E-state index contributed by atoms with van der Waals surface area (Å²) in [6, 6.07) is 5.29. The van der Waals surface area contributed by atoms with Crippen LogP contribution >= 0.6 is 24.0 Å². The third kappa shape index (κ3) is 9.22. The first-order chi connectivity index (χ1) is 14.3. The van der Waals surface area contributed by atoms with Crippen molar-refractivity contribution in [2.24, 2.45) is 4.99 Å². The van der Waals surface area contributed by atoms with Gasteiger partial charge in [-0.05, 0) is 30.5 Å². The van der Waals surface area contributed by atoms with Crippen LogP contribution in [-0.2, 0) is 20.4 Å². The van der Waals surface area contributed by atoms with Gasteiger partial charge in [0.05, 0.1) is 25.8 Å². The van der Waals surface area contributed by atoms with Gasteiger partial charge in [-0.25, -0.2) is 0 Å². The Kier molecular flexibility index (Phi) is 12.2. The van der Waals surface area contributed by atoms with Crippen LogP contribution in [0.1, 0.15) is 49.3 Å². The first kappa shape index (κ1) is 27.5. The first-order valence-corrected chi connectivity index (χ1v) is 10.2. The minimum Gasteiger partial charge on any atom is -0.469 e. The van der Waals surface area contributed by atoms with E-state index in [1.807, 2.05) is 4.90 Å². The molecule has 1 atom stereocenters. The minimum atomic E-state index is -4.38. The van der Waals surface area contributed by atoms with E-state index in [-0.39, 0.29) is 29.9 Å². The largest absolute Gasteiger partial charge is 0.469 e. The van der Waals surface area contributed by atoms with Gasteiger partial charge in [0.15, 0.2) is 5.96 Å². The van der Waals surface area contributed by atoms with E-state index < -0.39 is 17.8 Å². The van der Waals surface area contributed by atoms with Crippen LogP contribution in [0.5, 0.6) is 0 Å². The maximum Gasteiger partial charge on any atom is 0.416 e. The molecule has 1 aromatic rings. The number of aliphatic imine (C=N–C) groups is 1. The number of morpholine rings is 1. The Balaban J connectivity index is 0.00000480. The molecule has 1 aliphatic rings. The number of carbonyl (C=O) groups is 1. The van der Waals surface area contributed by atoms with E-state index in [2.05, 4.69) is 15.0 Å². The number of esters is 1. The van der Waals surface area contributed by atoms with E-state index in [4.69, 9.17) is 4.74 Å². The molecule has 0 radical (unpaired) electrons. The van der Waals surface area contributed by atoms with Gasteiger partial charge in [-0.2, -0.15) is 13.2 Å². The second-order valence-electron chi connectivity index (χ2n) is 7.14. The fourth-order valence-electron chi connectivity index (χ4n) is 3.34. The molecule has 0 bridgehead atoms. The standard InChI is InChI=1S/C21H30F3N3O3.HI/c1-25-20(26-11-6-4-3-5-10-19(28)29-2)27-12-13-30-18(15-27)16-8-7-9-17(14-16)21(22,23)24;/h7-9,14,18H,3-6,10-13,15H2,1-2H3,(H,25,26);1H. The van der Waals surface area contributed by atoms with Gasteiger partial charge in [-0.1, -0.05) is 25.0 Å². The summed E-state index contributed by atoms with van der Waals surface area (Å²) < 4.78 is 49.3. The van der Waals surface area contributed by atoms with Crippen molar-refractivity contribution >= 4 is 35.9 Å². The van der Waals surface area contributed by atoms with Gasteiger partial charge >= 0.3 is 12.1 Å². The predicted molar refractivity (Wildman–Crippen MR) is 124 cm³/mol. The highest BCUT2D eigenvalue weighted by molar-refractivity contribution is 14.0. The van der Waals surface area contributed by atoms with Crippen molar-refractivity contribution in [1.29, 1.82) is 0 Å². The van der Waals surface area contributed by atoms with Gasteiger partial charge < -0.3 is 19.7 Å². The Hall–Kier alpha value is -1.56. The van der Waals surface area contributed by atoms with E-state index in [1.165, 1.54) is 13.2 Å². The molecule has 176 valence electrons. The highest BCUT2D eigenvalue weighted by Gasteiger charge is 2.32. The fourth-order valence-corrected chi connectivity index (χ4v) is 3.34. The van der Waals surface area contributed by atoms with Crippen LogP contribution in [0.3, 0.4) is 0 Å². The van der Waals surface area contributed by atoms with Crippen LogP contribution < -0.4 is 5.32 Å². The number of benzene rings is 1. The second kappa shape index (κ2) is 13.8. The summed E-state index contributed by atoms with van der Waals surface area (Å²) in [5.74, 6) is 0.529. The zero-order valence-electron chi connectivity index (χ0n) is 17.9. The number of hydrogen-bond acceptors (Lipinski definition) is 4. The molecular formula is C21H31F3IN3O3. The molecule has 0 aromatic heterocycles. The minimum absolute atomic E-state index is 0. The summed E-state index contributed by atoms with van der Waals surface area (Å²) in [6.45, 7) is 2.19. The van der Waals surface area contributed by atoms with Crippen molar-refractivity contribution < 1.29 is 27.4 Å². The zero-order chi connectivity index (χ0) is 22.0. The lowest BCUT2D eigenvalue weighted by Crippen LogP contribution is -2.48. The van der Waals surface area contributed by atoms with Gasteiger partial charge in [-0.3, -0.25) is 9.79 Å². The number of halogens is 4. The average molecular weight is 557 g/mol. The SMILES string of the molecule is CN=C(NCCCCCCC(=O)OC)N1CCOC(c2cccc(C(F)(F)F)c2)C1.I. The summed E-state index contributed by atoms with van der Waals surface area (Å²) in [5.41, 5.74) is -0.161. The van der Waals surface area contributed by atoms with Crippen LogP contribution in [0.2, 0.25) is 0 Å². The van der Waals surface area contributed by atoms with Crippen LogP contribution in [0.25, 0.3) is 0 Å². The molecule has 1 fully saturated rings. The van der Waals surface area contributed by atoms with Crippen LogP contribution in [-0.4, -0.2) is 57.2 Å². The van der Waals surface area contributed by atoms with Gasteiger partial charge in [0.25, 0.3) is 0 Å². The van der Waals surface area contributed by atoms with Crippen molar-refractivity contribution in [2.45, 2.75) is 44.4 Å². The molecular weight excluding hydrogens is 526 g/mol. The van der Waals surface area contributed by atoms with Crippen molar-refractivity contribution in [3.8, 4) is 0 Å². The zero-order valence-corrected chi connectivity index (χ0v) is 20.2. The van der Waals surface area contributed by atoms with Gasteiger partial charge in [0.2, 0.25) is 0 Å². The molecule has 0 aliphatic carbocycles. The van der Waals surface area contributed by atoms with Crippen molar-refractivity contribution in [1.82, 2.24) is 10.2 Å². The summed E-state index contributed by atoms with van der Waals surface area (Å²) >= 11 is 0. The molecule has 10 heteroatoms. The number of rotatable bonds is 8. The maximum atomic E-state index is 13.0. The second-order valence-corrected chi connectivity index (χ2v) is 7.14. The lowest BCUT2D eigenvalue weighted by Gasteiger charge is -2.35. The smallest absolute Gasteiger partial charge is 0.416 e. The maximum absolute atomic E-state index is 13.0. The van der Waals surface area contributed by atoms with Crippen molar-refractivity contribution in [3.63, 3.8) is 0 Å². The molecule has 0 amide bonds. The molecule has 31 heavy (non-hydrogen) atoms. The number of ether oxygens (including phenoxy) is 2. The van der Waals surface area contributed by atoms with Gasteiger partial charge in [0, 0.05) is 26.6 Å². The highest BCUT2D eigenvalue weighted by atomic mass is 127. The van der Waals surface area contributed by atoms with Crippen molar-refractivity contribution in [2.75, 3.05) is 40.4 Å². The van der Waals surface area contributed by atoms with Crippen molar-refractivity contribution in [3.05, 3.63) is 35.4 Å². The Morgan fingerprint density at radius 3 is 2.71 bits per heavy atom. The monoisotopic (exact) mass is 557 g/mol. The van der Waals surface area contributed by atoms with E-state index in [0.29, 0.717) is 37.6 Å². The first-order valence-electron chi connectivity index (χ1n) is 10.2. The van der Waals surface area contributed by atoms with E-state index in [9.17, 15) is 18.0 Å². The van der Waals surface area contributed by atoms with E-state index >= 15 is 0 Å². The molecule has 1 aromatic carbocycles. The number of guanidine groups is 1. The number of unbranched alkanes of at least 4 members (excludes halogenated alkanes) is 3. The molecule has 1 heterocycles. The number of nitrogens with zero attached hydrogens (tertiary/aromatic N) is 2. The molecule has 1 unspecified atom stereocenters. The summed E-state index contributed by atoms with van der Waals surface area (Å²) in [7, 11) is 3.08. The number of nitrogens with one attached hydrogen (secondary N) is 1. The quantitative estimate of drug-likeness (QED) is 0.169. The number of hydrogen-bond donors (Lipinski definition) is 1. The lowest BCUT2D eigenvalue weighted by molar-refractivity contribution is -0.140. The molecule has 2 rings (SSSR count). The highest BCUT2D eigenvalue weighted by Crippen LogP contribution is 2.32. The molecule has 1 aliphatic heterocycles. The Morgan fingerprint density at radius 2 is 2.03 bits per heavy atom. The van der Waals surface area contributed by atoms with Gasteiger partial charge in [-0.15, -0.1) is 24.0 Å². The van der Waals surface area contributed by atoms with Crippen LogP contribution in [0, 0.1) is 0 Å². The fraction of sp³-hybridized carbons (Fsp3) is 0.619. The Labute approximate surface area is 198 Å². The summed E-state index contributed by atoms with van der Waals surface area (Å²) in [6.07, 6.45) is -0.709. The number of methoxy groups -OCH3 is 1. The van der Waals surface area contributed by atoms with E-state index in [0.717, 1.165) is 44.4 Å². The molecule has 1 N–H and O–H groups in total. The lowest BCUT2D eigenvalue weighted by atomic mass is 10.0. The molecule has 0 spiro atoms. The average Bonchev–Trinajstić information content (AvgIpc) is 2.75.